The first-order valence-electron chi connectivity index (χ1n) is 9.00. The lowest BCUT2D eigenvalue weighted by atomic mass is 9.92. The molecule has 0 radical (unpaired) electrons. The molecule has 1 fully saturated rings. The van der Waals surface area contributed by atoms with Crippen LogP contribution in [0.4, 0.5) is 24.8 Å². The fourth-order valence-electron chi connectivity index (χ4n) is 3.06. The standard InChI is InChI=1S/C20H19F3N4S2/c1-11-3-4-12(13-7-24-8-13)5-16(11)26-19-25-9-15(20(21,22)23)18(27-19)17-6-14(28-2)10-29-17/h3-6,9-10,13,24H,7-8H2,1-2H3,(H,25,26,27). The zero-order valence-electron chi connectivity index (χ0n) is 15.8. The van der Waals surface area contributed by atoms with Crippen molar-refractivity contribution in [1.82, 2.24) is 15.3 Å². The highest BCUT2D eigenvalue weighted by Crippen LogP contribution is 2.39. The van der Waals surface area contributed by atoms with Gasteiger partial charge < -0.3 is 10.6 Å². The quantitative estimate of drug-likeness (QED) is 0.504. The lowest BCUT2D eigenvalue weighted by Crippen LogP contribution is -2.39. The van der Waals surface area contributed by atoms with E-state index >= 15 is 0 Å². The molecule has 0 atom stereocenters. The van der Waals surface area contributed by atoms with Crippen molar-refractivity contribution in [2.24, 2.45) is 0 Å². The normalized spacial score (nSPS) is 14.7. The molecular formula is C20H19F3N4S2. The number of hydrogen-bond acceptors (Lipinski definition) is 6. The van der Waals surface area contributed by atoms with Crippen molar-refractivity contribution in [1.29, 1.82) is 0 Å². The smallest absolute Gasteiger partial charge is 0.324 e. The molecule has 0 aliphatic carbocycles. The van der Waals surface area contributed by atoms with Crippen molar-refractivity contribution in [2.75, 3.05) is 24.7 Å². The molecule has 3 heterocycles. The Bertz CT molecular complexity index is 1030. The van der Waals surface area contributed by atoms with Gasteiger partial charge in [-0.1, -0.05) is 12.1 Å². The van der Waals surface area contributed by atoms with Crippen molar-refractivity contribution in [3.05, 3.63) is 52.5 Å². The van der Waals surface area contributed by atoms with Gasteiger partial charge in [-0.25, -0.2) is 9.97 Å². The van der Waals surface area contributed by atoms with Gasteiger partial charge in [0.1, 0.15) is 5.56 Å². The van der Waals surface area contributed by atoms with Gasteiger partial charge in [0.05, 0.1) is 10.6 Å². The van der Waals surface area contributed by atoms with Gasteiger partial charge in [-0.3, -0.25) is 0 Å². The molecule has 4 rings (SSSR count). The molecule has 0 saturated carbocycles. The summed E-state index contributed by atoms with van der Waals surface area (Å²) in [6.07, 6.45) is -1.78. The number of rotatable bonds is 5. The van der Waals surface area contributed by atoms with Crippen LogP contribution in [0.25, 0.3) is 10.6 Å². The Kier molecular flexibility index (Phi) is 5.54. The minimum absolute atomic E-state index is 0.0997. The van der Waals surface area contributed by atoms with Crippen LogP contribution in [0, 0.1) is 6.92 Å². The Morgan fingerprint density at radius 1 is 1.24 bits per heavy atom. The molecule has 1 aliphatic rings. The summed E-state index contributed by atoms with van der Waals surface area (Å²) in [6, 6.07) is 7.84. The number of hydrogen-bond donors (Lipinski definition) is 2. The number of anilines is 2. The molecule has 9 heteroatoms. The zero-order valence-corrected chi connectivity index (χ0v) is 17.4. The van der Waals surface area contributed by atoms with Gasteiger partial charge in [0, 0.05) is 41.2 Å². The van der Waals surface area contributed by atoms with E-state index in [1.807, 2.05) is 30.7 Å². The second-order valence-corrected chi connectivity index (χ2v) is 8.65. The highest BCUT2D eigenvalue weighted by molar-refractivity contribution is 7.98. The molecule has 0 bridgehead atoms. The number of thiophene rings is 1. The third-order valence-electron chi connectivity index (χ3n) is 4.90. The number of halogens is 3. The summed E-state index contributed by atoms with van der Waals surface area (Å²) < 4.78 is 40.6. The number of nitrogens with one attached hydrogen (secondary N) is 2. The summed E-state index contributed by atoms with van der Waals surface area (Å²) in [6.45, 7) is 3.80. The van der Waals surface area contributed by atoms with Crippen molar-refractivity contribution < 1.29 is 13.2 Å². The van der Waals surface area contributed by atoms with Gasteiger partial charge >= 0.3 is 6.18 Å². The number of benzene rings is 1. The van der Waals surface area contributed by atoms with Crippen molar-refractivity contribution in [3.63, 3.8) is 0 Å². The van der Waals surface area contributed by atoms with Gasteiger partial charge in [0.25, 0.3) is 0 Å². The minimum atomic E-state index is -4.52. The van der Waals surface area contributed by atoms with Crippen LogP contribution in [0.5, 0.6) is 0 Å². The first-order valence-corrected chi connectivity index (χ1v) is 11.1. The Morgan fingerprint density at radius 3 is 2.66 bits per heavy atom. The molecule has 3 aromatic rings. The maximum absolute atomic E-state index is 13.5. The Hall–Kier alpha value is -2.10. The van der Waals surface area contributed by atoms with Crippen LogP contribution >= 0.6 is 23.1 Å². The van der Waals surface area contributed by atoms with Gasteiger partial charge in [0.2, 0.25) is 5.95 Å². The summed E-state index contributed by atoms with van der Waals surface area (Å²) in [5, 5.41) is 8.19. The van der Waals surface area contributed by atoms with E-state index in [1.165, 1.54) is 28.7 Å². The van der Waals surface area contributed by atoms with Gasteiger partial charge in [0.15, 0.2) is 0 Å². The van der Waals surface area contributed by atoms with Gasteiger partial charge in [-0.2, -0.15) is 13.2 Å². The van der Waals surface area contributed by atoms with E-state index in [2.05, 4.69) is 26.7 Å². The maximum atomic E-state index is 13.5. The van der Waals surface area contributed by atoms with Gasteiger partial charge in [-0.15, -0.1) is 23.1 Å². The van der Waals surface area contributed by atoms with Crippen molar-refractivity contribution >= 4 is 34.7 Å². The fourth-order valence-corrected chi connectivity index (χ4v) is 4.67. The Morgan fingerprint density at radius 2 is 2.03 bits per heavy atom. The topological polar surface area (TPSA) is 49.8 Å². The fraction of sp³-hybridized carbons (Fsp3) is 0.300. The molecule has 1 saturated heterocycles. The van der Waals surface area contributed by atoms with E-state index in [0.29, 0.717) is 10.8 Å². The van der Waals surface area contributed by atoms with Crippen LogP contribution in [-0.4, -0.2) is 29.3 Å². The number of nitrogens with zero attached hydrogens (tertiary/aromatic N) is 2. The zero-order chi connectivity index (χ0) is 20.6. The molecule has 4 nitrogen and oxygen atoms in total. The van der Waals surface area contributed by atoms with Crippen molar-refractivity contribution in [2.45, 2.75) is 23.9 Å². The van der Waals surface area contributed by atoms with Crippen LogP contribution < -0.4 is 10.6 Å². The highest BCUT2D eigenvalue weighted by atomic mass is 32.2. The molecule has 0 amide bonds. The monoisotopic (exact) mass is 436 g/mol. The lowest BCUT2D eigenvalue weighted by molar-refractivity contribution is -0.137. The Labute approximate surface area is 175 Å². The molecular weight excluding hydrogens is 417 g/mol. The summed E-state index contributed by atoms with van der Waals surface area (Å²) >= 11 is 2.73. The largest absolute Gasteiger partial charge is 0.420 e. The van der Waals surface area contributed by atoms with E-state index < -0.39 is 11.7 Å². The summed E-state index contributed by atoms with van der Waals surface area (Å²) in [5.41, 5.74) is 2.04. The number of alkyl halides is 3. The average Bonchev–Trinajstić information content (AvgIpc) is 3.11. The SMILES string of the molecule is CSc1csc(-c2nc(Nc3cc(C4CNC4)ccc3C)ncc2C(F)(F)F)c1. The molecule has 152 valence electrons. The second kappa shape index (κ2) is 7.97. The van der Waals surface area contributed by atoms with Crippen molar-refractivity contribution in [3.8, 4) is 10.6 Å². The molecule has 1 aromatic carbocycles. The summed E-state index contributed by atoms with van der Waals surface area (Å²) in [4.78, 5) is 9.57. The lowest BCUT2D eigenvalue weighted by Gasteiger charge is -2.28. The van der Waals surface area contributed by atoms with Crippen LogP contribution in [0.2, 0.25) is 0 Å². The maximum Gasteiger partial charge on any atom is 0.420 e. The van der Waals surface area contributed by atoms with Crippen LogP contribution in [-0.2, 0) is 6.18 Å². The third kappa shape index (κ3) is 4.26. The average molecular weight is 437 g/mol. The van der Waals surface area contributed by atoms with Crippen LogP contribution in [0.1, 0.15) is 22.6 Å². The first kappa shape index (κ1) is 20.2. The predicted molar refractivity (Wildman–Crippen MR) is 112 cm³/mol. The third-order valence-corrected chi connectivity index (χ3v) is 6.69. The Balaban J connectivity index is 1.71. The predicted octanol–water partition coefficient (Wildman–Crippen LogP) is 5.68. The summed E-state index contributed by atoms with van der Waals surface area (Å²) in [7, 11) is 0. The molecule has 2 N–H and O–H groups in total. The molecule has 0 spiro atoms. The second-order valence-electron chi connectivity index (χ2n) is 6.86. The van der Waals surface area contributed by atoms with E-state index in [1.54, 1.807) is 6.07 Å². The number of aryl methyl sites for hydroxylation is 1. The number of aromatic nitrogens is 2. The van der Waals surface area contributed by atoms with E-state index in [0.717, 1.165) is 35.4 Å². The van der Waals surface area contributed by atoms with E-state index in [-0.39, 0.29) is 11.6 Å². The molecule has 2 aromatic heterocycles. The number of thioether (sulfide) groups is 1. The summed E-state index contributed by atoms with van der Waals surface area (Å²) in [5.74, 6) is 0.607. The first-order chi connectivity index (χ1) is 13.8. The highest BCUT2D eigenvalue weighted by Gasteiger charge is 2.36. The van der Waals surface area contributed by atoms with E-state index in [9.17, 15) is 13.2 Å². The van der Waals surface area contributed by atoms with Crippen LogP contribution in [0.3, 0.4) is 0 Å². The minimum Gasteiger partial charge on any atom is -0.324 e. The molecule has 1 aliphatic heterocycles. The molecule has 0 unspecified atom stereocenters. The molecule has 29 heavy (non-hydrogen) atoms. The van der Waals surface area contributed by atoms with E-state index in [4.69, 9.17) is 0 Å². The van der Waals surface area contributed by atoms with Gasteiger partial charge in [-0.05, 0) is 36.4 Å². The van der Waals surface area contributed by atoms with Crippen LogP contribution in [0.15, 0.2) is 40.7 Å².